The van der Waals surface area contributed by atoms with Crippen LogP contribution in [0, 0.1) is 0 Å². The molecule has 1 atom stereocenters. The van der Waals surface area contributed by atoms with Crippen LogP contribution in [0.5, 0.6) is 34.5 Å². The zero-order valence-corrected chi connectivity index (χ0v) is 29.2. The van der Waals surface area contributed by atoms with Crippen LogP contribution >= 0.6 is 11.3 Å². The first-order valence-electron chi connectivity index (χ1n) is 15.5. The molecule has 0 fully saturated rings. The quantitative estimate of drug-likeness (QED) is 0.0376. The average molecular weight is 672 g/mol. The lowest BCUT2D eigenvalue weighted by molar-refractivity contribution is -1.08. The number of rotatable bonds is 16. The molecule has 0 aliphatic rings. The van der Waals surface area contributed by atoms with Crippen LogP contribution < -0.4 is 39.3 Å². The lowest BCUT2D eigenvalue weighted by Gasteiger charge is -2.27. The van der Waals surface area contributed by atoms with Crippen LogP contribution in [0.3, 0.4) is 0 Å². The molecule has 11 heteroatoms. The molecule has 4 aromatic carbocycles. The summed E-state index contributed by atoms with van der Waals surface area (Å²) in [4.78, 5) is 11.1. The molecule has 1 unspecified atom stereocenters. The maximum Gasteiger partial charge on any atom is 0.203 e. The van der Waals surface area contributed by atoms with Crippen molar-refractivity contribution in [2.45, 2.75) is 13.2 Å². The van der Waals surface area contributed by atoms with E-state index < -0.39 is 0 Å². The molecule has 10 nitrogen and oxygen atoms in total. The third-order valence-corrected chi connectivity index (χ3v) is 8.49. The highest BCUT2D eigenvalue weighted by molar-refractivity contribution is 7.21. The van der Waals surface area contributed by atoms with Crippen molar-refractivity contribution in [2.75, 3.05) is 55.6 Å². The molecule has 48 heavy (non-hydrogen) atoms. The van der Waals surface area contributed by atoms with Gasteiger partial charge in [0, 0.05) is 12.1 Å². The van der Waals surface area contributed by atoms with Gasteiger partial charge in [0.05, 0.1) is 45.2 Å². The zero-order chi connectivity index (χ0) is 34.1. The SMILES string of the molecule is COc1ccc(C=Cc2cc(OC)c(OC)c(OC)c2)cc1OC(C)NCCN[N+](C)(C)Oc1cccc(-c2nc3ccccc3s2)c1. The molecule has 0 saturated carbocycles. The van der Waals surface area contributed by atoms with Gasteiger partial charge in [-0.25, -0.2) is 4.98 Å². The van der Waals surface area contributed by atoms with Crippen LogP contribution in [-0.4, -0.2) is 71.6 Å². The van der Waals surface area contributed by atoms with E-state index in [0.29, 0.717) is 41.8 Å². The minimum absolute atomic E-state index is 0.133. The summed E-state index contributed by atoms with van der Waals surface area (Å²) >= 11 is 1.67. The summed E-state index contributed by atoms with van der Waals surface area (Å²) in [6.07, 6.45) is 3.68. The predicted molar refractivity (Wildman–Crippen MR) is 192 cm³/mol. The Bertz CT molecular complexity index is 1800. The number of methoxy groups -OCH3 is 4. The predicted octanol–water partition coefficient (Wildman–Crippen LogP) is 7.06. The molecule has 0 aliphatic heterocycles. The van der Waals surface area contributed by atoms with E-state index in [1.54, 1.807) is 39.8 Å². The van der Waals surface area contributed by atoms with Crippen molar-refractivity contribution in [3.63, 3.8) is 0 Å². The number of benzene rings is 4. The fraction of sp³-hybridized carbons (Fsp3) is 0.270. The molecular weight excluding hydrogens is 628 g/mol. The molecule has 1 aromatic heterocycles. The lowest BCUT2D eigenvalue weighted by Crippen LogP contribution is -2.56. The second-order valence-electron chi connectivity index (χ2n) is 11.3. The molecule has 2 N–H and O–H groups in total. The average Bonchev–Trinajstić information content (AvgIpc) is 3.53. The van der Waals surface area contributed by atoms with E-state index in [1.165, 1.54) is 0 Å². The molecular formula is C37H43N4O6S+. The number of hydroxylamine groups is 2. The van der Waals surface area contributed by atoms with E-state index in [2.05, 4.69) is 22.9 Å². The first-order chi connectivity index (χ1) is 23.2. The smallest absolute Gasteiger partial charge is 0.203 e. The van der Waals surface area contributed by atoms with Crippen molar-refractivity contribution in [1.29, 1.82) is 0 Å². The van der Waals surface area contributed by atoms with E-state index in [-0.39, 0.29) is 11.0 Å². The highest BCUT2D eigenvalue weighted by Gasteiger charge is 2.19. The fourth-order valence-electron chi connectivity index (χ4n) is 5.09. The number of hydrogen-bond acceptors (Lipinski definition) is 10. The Morgan fingerprint density at radius 3 is 2.17 bits per heavy atom. The number of nitrogens with one attached hydrogen (secondary N) is 2. The normalized spacial score (nSPS) is 12.2. The van der Waals surface area contributed by atoms with Crippen LogP contribution in [0.1, 0.15) is 18.1 Å². The Balaban J connectivity index is 1.14. The molecule has 0 radical (unpaired) electrons. The van der Waals surface area contributed by atoms with Gasteiger partial charge in [0.25, 0.3) is 0 Å². The van der Waals surface area contributed by atoms with E-state index >= 15 is 0 Å². The summed E-state index contributed by atoms with van der Waals surface area (Å²) in [5.74, 6) is 3.76. The van der Waals surface area contributed by atoms with Gasteiger partial charge < -0.3 is 23.7 Å². The molecule has 252 valence electrons. The fourth-order valence-corrected chi connectivity index (χ4v) is 6.05. The molecule has 0 bridgehead atoms. The van der Waals surface area contributed by atoms with Crippen LogP contribution in [-0.2, 0) is 0 Å². The van der Waals surface area contributed by atoms with Crippen molar-refractivity contribution in [3.05, 3.63) is 90.0 Å². The van der Waals surface area contributed by atoms with Crippen molar-refractivity contribution in [2.24, 2.45) is 0 Å². The number of ether oxygens (including phenoxy) is 5. The first kappa shape index (κ1) is 34.5. The third-order valence-electron chi connectivity index (χ3n) is 7.40. The molecule has 0 aliphatic carbocycles. The van der Waals surface area contributed by atoms with Gasteiger partial charge in [0.15, 0.2) is 28.7 Å². The highest BCUT2D eigenvalue weighted by Crippen LogP contribution is 2.39. The number of hydrogen-bond donors (Lipinski definition) is 2. The van der Waals surface area contributed by atoms with Gasteiger partial charge in [0.1, 0.15) is 25.3 Å². The van der Waals surface area contributed by atoms with E-state index in [1.807, 2.05) is 99.9 Å². The summed E-state index contributed by atoms with van der Waals surface area (Å²) in [6.45, 7) is 3.23. The van der Waals surface area contributed by atoms with Crippen molar-refractivity contribution >= 4 is 33.7 Å². The molecule has 1 heterocycles. The molecule has 0 amide bonds. The third kappa shape index (κ3) is 8.75. The van der Waals surface area contributed by atoms with Crippen molar-refractivity contribution < 1.29 is 33.3 Å². The van der Waals surface area contributed by atoms with Gasteiger partial charge in [-0.15, -0.1) is 16.8 Å². The summed E-state index contributed by atoms with van der Waals surface area (Å²) < 4.78 is 29.5. The zero-order valence-electron chi connectivity index (χ0n) is 28.4. The highest BCUT2D eigenvalue weighted by atomic mass is 32.1. The van der Waals surface area contributed by atoms with Gasteiger partial charge in [-0.3, -0.25) is 10.2 Å². The second-order valence-corrected chi connectivity index (χ2v) is 12.3. The van der Waals surface area contributed by atoms with Gasteiger partial charge >= 0.3 is 0 Å². The Hall–Kier alpha value is -4.81. The van der Waals surface area contributed by atoms with Gasteiger partial charge in [-0.05, 0) is 66.6 Å². The maximum atomic E-state index is 6.28. The number of para-hydroxylation sites is 1. The maximum absolute atomic E-state index is 6.28. The summed E-state index contributed by atoms with van der Waals surface area (Å²) in [7, 11) is 10.3. The number of thiazole rings is 1. The second kappa shape index (κ2) is 15.9. The monoisotopic (exact) mass is 671 g/mol. The Morgan fingerprint density at radius 1 is 0.750 bits per heavy atom. The largest absolute Gasteiger partial charge is 0.493 e. The summed E-state index contributed by atoms with van der Waals surface area (Å²) in [5, 5.41) is 4.37. The van der Waals surface area contributed by atoms with Crippen LogP contribution in [0.25, 0.3) is 32.9 Å². The molecule has 5 aromatic rings. The van der Waals surface area contributed by atoms with Crippen LogP contribution in [0.15, 0.2) is 78.9 Å². The first-order valence-corrected chi connectivity index (χ1v) is 16.3. The van der Waals surface area contributed by atoms with E-state index in [4.69, 9.17) is 33.5 Å². The van der Waals surface area contributed by atoms with E-state index in [0.717, 1.165) is 37.7 Å². The number of nitrogens with zero attached hydrogens (tertiary/aromatic N) is 2. The van der Waals surface area contributed by atoms with Gasteiger partial charge in [-0.1, -0.05) is 47.2 Å². The van der Waals surface area contributed by atoms with E-state index in [9.17, 15) is 0 Å². The number of quaternary nitrogens is 1. The van der Waals surface area contributed by atoms with Crippen molar-refractivity contribution in [3.8, 4) is 45.1 Å². The summed E-state index contributed by atoms with van der Waals surface area (Å²) in [5.41, 5.74) is 7.29. The van der Waals surface area contributed by atoms with Crippen LogP contribution in [0.4, 0.5) is 0 Å². The number of fused-ring (bicyclic) bond motifs is 1. The van der Waals surface area contributed by atoms with Crippen LogP contribution in [0.2, 0.25) is 0 Å². The molecule has 5 rings (SSSR count). The minimum Gasteiger partial charge on any atom is -0.493 e. The summed E-state index contributed by atoms with van der Waals surface area (Å²) in [6, 6.07) is 25.8. The topological polar surface area (TPSA) is 92.3 Å². The Labute approximate surface area is 286 Å². The molecule has 0 spiro atoms. The Morgan fingerprint density at radius 2 is 1.46 bits per heavy atom. The lowest BCUT2D eigenvalue weighted by atomic mass is 10.1. The molecule has 0 saturated heterocycles. The standard InChI is InChI=1S/C37H43N4O6S/c1-25(46-32-21-26(17-18-31(32)42-4)15-16-27-22-33(43-5)36(45-7)34(23-27)44-6)38-19-20-39-41(2,3)47-29-12-10-11-28(24-29)37-40-30-13-8-9-14-35(30)48-37/h8-18,21-25,38-39H,19-20H2,1-7H3/q+1. The van der Waals surface area contributed by atoms with Crippen molar-refractivity contribution in [1.82, 2.24) is 15.7 Å². The number of aromatic nitrogens is 1. The Kier molecular flexibility index (Phi) is 11.4. The van der Waals surface area contributed by atoms with Gasteiger partial charge in [0.2, 0.25) is 5.75 Å². The van der Waals surface area contributed by atoms with Gasteiger partial charge in [-0.2, -0.15) is 0 Å². The minimum atomic E-state index is -0.280.